The first-order valence-corrected chi connectivity index (χ1v) is 11.3. The number of fused-ring (bicyclic) bond motifs is 1. The summed E-state index contributed by atoms with van der Waals surface area (Å²) >= 11 is 2.82. The van der Waals surface area contributed by atoms with Crippen LogP contribution in [0.5, 0.6) is 0 Å². The van der Waals surface area contributed by atoms with Crippen molar-refractivity contribution in [1.82, 2.24) is 15.2 Å². The standard InChI is InChI=1S/C22H19FN4OS2/c1-3-14-6-4-5-7-17(14)25-18(28)12-29-22-20-21(30-13(2)24-20)19(26-27-22)15-8-10-16(23)11-9-15/h4-11H,3,12H2,1-2H3,(H,25,28). The van der Waals surface area contributed by atoms with Gasteiger partial charge in [0.2, 0.25) is 5.91 Å². The second-order valence-electron chi connectivity index (χ2n) is 6.62. The molecule has 0 unspecified atom stereocenters. The van der Waals surface area contributed by atoms with Gasteiger partial charge in [0, 0.05) is 11.3 Å². The normalized spacial score (nSPS) is 11.0. The second kappa shape index (κ2) is 8.89. The van der Waals surface area contributed by atoms with Gasteiger partial charge >= 0.3 is 0 Å². The largest absolute Gasteiger partial charge is 0.325 e. The summed E-state index contributed by atoms with van der Waals surface area (Å²) in [5, 5.41) is 13.1. The first-order valence-electron chi connectivity index (χ1n) is 9.45. The maximum Gasteiger partial charge on any atom is 0.234 e. The quantitative estimate of drug-likeness (QED) is 0.403. The van der Waals surface area contributed by atoms with Crippen LogP contribution in [0, 0.1) is 12.7 Å². The molecule has 2 aromatic heterocycles. The van der Waals surface area contributed by atoms with E-state index in [9.17, 15) is 9.18 Å². The van der Waals surface area contributed by atoms with Crippen molar-refractivity contribution in [2.24, 2.45) is 0 Å². The molecule has 0 spiro atoms. The molecule has 0 radical (unpaired) electrons. The van der Waals surface area contributed by atoms with Crippen LogP contribution >= 0.6 is 23.1 Å². The van der Waals surface area contributed by atoms with Crippen molar-refractivity contribution in [2.75, 3.05) is 11.1 Å². The highest BCUT2D eigenvalue weighted by Crippen LogP contribution is 2.35. The van der Waals surface area contributed by atoms with Gasteiger partial charge in [-0.2, -0.15) is 0 Å². The van der Waals surface area contributed by atoms with E-state index in [-0.39, 0.29) is 17.5 Å². The molecule has 4 aromatic rings. The Kier molecular flexibility index (Phi) is 6.06. The number of thiazole rings is 1. The Morgan fingerprint density at radius 3 is 2.67 bits per heavy atom. The van der Waals surface area contributed by atoms with Crippen molar-refractivity contribution in [3.63, 3.8) is 0 Å². The number of amides is 1. The van der Waals surface area contributed by atoms with Crippen LogP contribution in [-0.4, -0.2) is 26.8 Å². The molecule has 1 amide bonds. The summed E-state index contributed by atoms with van der Waals surface area (Å²) in [5.74, 6) is -0.203. The van der Waals surface area contributed by atoms with Gasteiger partial charge in [-0.05, 0) is 49.2 Å². The van der Waals surface area contributed by atoms with Crippen molar-refractivity contribution in [3.05, 3.63) is 64.9 Å². The summed E-state index contributed by atoms with van der Waals surface area (Å²) in [6, 6.07) is 13.9. The summed E-state index contributed by atoms with van der Waals surface area (Å²) in [6.45, 7) is 3.97. The zero-order valence-electron chi connectivity index (χ0n) is 16.5. The maximum absolute atomic E-state index is 13.3. The molecule has 30 heavy (non-hydrogen) atoms. The molecule has 4 rings (SSSR count). The van der Waals surface area contributed by atoms with Crippen LogP contribution in [0.3, 0.4) is 0 Å². The highest BCUT2D eigenvalue weighted by Gasteiger charge is 2.17. The van der Waals surface area contributed by atoms with Crippen LogP contribution in [0.1, 0.15) is 17.5 Å². The Bertz CT molecular complexity index is 1210. The Morgan fingerprint density at radius 2 is 1.90 bits per heavy atom. The van der Waals surface area contributed by atoms with Crippen molar-refractivity contribution in [2.45, 2.75) is 25.3 Å². The van der Waals surface area contributed by atoms with E-state index in [0.29, 0.717) is 10.7 Å². The monoisotopic (exact) mass is 438 g/mol. The van der Waals surface area contributed by atoms with Crippen LogP contribution in [0.4, 0.5) is 10.1 Å². The molecule has 1 N–H and O–H groups in total. The fraction of sp³-hybridized carbons (Fsp3) is 0.182. The summed E-state index contributed by atoms with van der Waals surface area (Å²) in [4.78, 5) is 17.1. The van der Waals surface area contributed by atoms with Crippen molar-refractivity contribution in [1.29, 1.82) is 0 Å². The van der Waals surface area contributed by atoms with Gasteiger partial charge in [-0.3, -0.25) is 4.79 Å². The average molecular weight is 439 g/mol. The number of benzene rings is 2. The van der Waals surface area contributed by atoms with E-state index in [1.165, 1.54) is 35.2 Å². The van der Waals surface area contributed by atoms with Gasteiger partial charge in [0.25, 0.3) is 0 Å². The molecule has 8 heteroatoms. The molecule has 2 aromatic carbocycles. The van der Waals surface area contributed by atoms with Crippen molar-refractivity contribution < 1.29 is 9.18 Å². The van der Waals surface area contributed by atoms with E-state index in [0.717, 1.165) is 38.5 Å². The topological polar surface area (TPSA) is 67.8 Å². The lowest BCUT2D eigenvalue weighted by atomic mass is 10.1. The molecule has 0 aliphatic carbocycles. The number of anilines is 1. The molecule has 2 heterocycles. The lowest BCUT2D eigenvalue weighted by Crippen LogP contribution is -2.15. The number of thioether (sulfide) groups is 1. The minimum atomic E-state index is -0.300. The van der Waals surface area contributed by atoms with Gasteiger partial charge in [0.1, 0.15) is 22.1 Å². The number of carbonyl (C=O) groups is 1. The van der Waals surface area contributed by atoms with Gasteiger partial charge in [-0.15, -0.1) is 21.5 Å². The smallest absolute Gasteiger partial charge is 0.234 e. The van der Waals surface area contributed by atoms with Crippen LogP contribution in [0.25, 0.3) is 21.5 Å². The number of aryl methyl sites for hydroxylation is 2. The summed E-state index contributed by atoms with van der Waals surface area (Å²) in [7, 11) is 0. The molecule has 0 saturated carbocycles. The molecule has 152 valence electrons. The van der Waals surface area contributed by atoms with Crippen molar-refractivity contribution in [3.8, 4) is 11.3 Å². The first-order chi connectivity index (χ1) is 14.5. The third-order valence-corrected chi connectivity index (χ3v) is 6.46. The number of halogens is 1. The Labute approximate surface area is 181 Å². The summed E-state index contributed by atoms with van der Waals surface area (Å²) < 4.78 is 14.2. The molecule has 0 saturated heterocycles. The van der Waals surface area contributed by atoms with Crippen molar-refractivity contribution >= 4 is 44.9 Å². The zero-order chi connectivity index (χ0) is 21.1. The molecule has 0 aliphatic heterocycles. The number of hydrogen-bond donors (Lipinski definition) is 1. The maximum atomic E-state index is 13.3. The molecule has 5 nitrogen and oxygen atoms in total. The van der Waals surface area contributed by atoms with Gasteiger partial charge in [0.05, 0.1) is 15.5 Å². The second-order valence-corrected chi connectivity index (χ2v) is 8.79. The molecular formula is C22H19FN4OS2. The average Bonchev–Trinajstić information content (AvgIpc) is 3.14. The first kappa shape index (κ1) is 20.4. The summed E-state index contributed by atoms with van der Waals surface area (Å²) in [6.07, 6.45) is 0.846. The Balaban J connectivity index is 1.56. The lowest BCUT2D eigenvalue weighted by molar-refractivity contribution is -0.113. The van der Waals surface area contributed by atoms with Crippen LogP contribution in [-0.2, 0) is 11.2 Å². The molecule has 0 fully saturated rings. The molecule has 0 atom stereocenters. The van der Waals surface area contributed by atoms with Crippen LogP contribution in [0.15, 0.2) is 53.6 Å². The van der Waals surface area contributed by atoms with Gasteiger partial charge in [0.15, 0.2) is 0 Å². The Morgan fingerprint density at radius 1 is 1.13 bits per heavy atom. The van der Waals surface area contributed by atoms with Crippen LogP contribution < -0.4 is 5.32 Å². The van der Waals surface area contributed by atoms with E-state index in [2.05, 4.69) is 27.4 Å². The molecular weight excluding hydrogens is 419 g/mol. The number of nitrogens with one attached hydrogen (secondary N) is 1. The predicted octanol–water partition coefficient (Wildman–Crippen LogP) is 5.49. The van der Waals surface area contributed by atoms with E-state index in [4.69, 9.17) is 0 Å². The van der Waals surface area contributed by atoms with E-state index < -0.39 is 0 Å². The fourth-order valence-electron chi connectivity index (χ4n) is 3.09. The van der Waals surface area contributed by atoms with E-state index >= 15 is 0 Å². The van der Waals surface area contributed by atoms with Crippen LogP contribution in [0.2, 0.25) is 0 Å². The summed E-state index contributed by atoms with van der Waals surface area (Å²) in [5.41, 5.74) is 4.10. The molecule has 0 bridgehead atoms. The predicted molar refractivity (Wildman–Crippen MR) is 121 cm³/mol. The lowest BCUT2D eigenvalue weighted by Gasteiger charge is -2.09. The number of carbonyl (C=O) groups excluding carboxylic acids is 1. The fourth-order valence-corrected chi connectivity index (χ4v) is 4.80. The number of aromatic nitrogens is 3. The van der Waals surface area contributed by atoms with E-state index in [1.807, 2.05) is 31.2 Å². The highest BCUT2D eigenvalue weighted by molar-refractivity contribution is 8.00. The number of hydrogen-bond acceptors (Lipinski definition) is 6. The molecule has 0 aliphatic rings. The third kappa shape index (κ3) is 4.34. The van der Waals surface area contributed by atoms with E-state index in [1.54, 1.807) is 12.1 Å². The Hall–Kier alpha value is -2.84. The number of rotatable bonds is 6. The minimum absolute atomic E-state index is 0.106. The third-order valence-electron chi connectivity index (χ3n) is 4.52. The van der Waals surface area contributed by atoms with Gasteiger partial charge in [-0.1, -0.05) is 36.9 Å². The number of nitrogens with zero attached hydrogens (tertiary/aromatic N) is 3. The SMILES string of the molecule is CCc1ccccc1NC(=O)CSc1nnc(-c2ccc(F)cc2)c2sc(C)nc12. The zero-order valence-corrected chi connectivity index (χ0v) is 18.1. The number of para-hydroxylation sites is 1. The van der Waals surface area contributed by atoms with Gasteiger partial charge < -0.3 is 5.32 Å². The minimum Gasteiger partial charge on any atom is -0.325 e. The van der Waals surface area contributed by atoms with Gasteiger partial charge in [-0.25, -0.2) is 9.37 Å². The highest BCUT2D eigenvalue weighted by atomic mass is 32.2.